The van der Waals surface area contributed by atoms with Gasteiger partial charge in [-0.25, -0.2) is 5.11 Å². The number of piperidine rings is 1. The van der Waals surface area contributed by atoms with Crippen LogP contribution in [-0.2, 0) is 5.11 Å². The van der Waals surface area contributed by atoms with Crippen molar-refractivity contribution in [2.24, 2.45) is 0 Å². The highest BCUT2D eigenvalue weighted by molar-refractivity contribution is 4.59. The van der Waals surface area contributed by atoms with Crippen molar-refractivity contribution < 1.29 is 9.59 Å². The van der Waals surface area contributed by atoms with Gasteiger partial charge in [0.25, 0.3) is 0 Å². The zero-order chi connectivity index (χ0) is 6.91. The Morgan fingerprint density at radius 2 is 1.67 bits per heavy atom. The van der Waals surface area contributed by atoms with Crippen LogP contribution >= 0.6 is 0 Å². The third-order valence-corrected chi connectivity index (χ3v) is 2.11. The van der Waals surface area contributed by atoms with Crippen LogP contribution in [0.5, 0.6) is 0 Å². The number of likely N-dealkylation sites (tertiary alicyclic amines) is 1. The molecule has 0 unspecified atom stereocenters. The van der Waals surface area contributed by atoms with Crippen molar-refractivity contribution in [2.45, 2.75) is 18.9 Å². The van der Waals surface area contributed by atoms with Gasteiger partial charge in [-0.1, -0.05) is 0 Å². The van der Waals surface area contributed by atoms with Gasteiger partial charge in [-0.05, 0) is 0 Å². The van der Waals surface area contributed by atoms with Crippen LogP contribution in [0.3, 0.4) is 0 Å². The first-order chi connectivity index (χ1) is 4.10. The number of hydrogen-bond donors (Lipinski definition) is 0. The van der Waals surface area contributed by atoms with Gasteiger partial charge in [0.15, 0.2) is 0 Å². The van der Waals surface area contributed by atoms with Crippen molar-refractivity contribution in [1.82, 2.24) is 0 Å². The molecule has 0 bridgehead atoms. The van der Waals surface area contributed by atoms with E-state index >= 15 is 0 Å². The van der Waals surface area contributed by atoms with Crippen molar-refractivity contribution in [3.05, 3.63) is 0 Å². The fraction of sp³-hybridized carbons (Fsp3) is 1.00. The molecule has 0 saturated carbocycles. The average molecular weight is 129 g/mol. The van der Waals surface area contributed by atoms with E-state index in [-0.39, 0.29) is 6.10 Å². The van der Waals surface area contributed by atoms with E-state index < -0.39 is 0 Å². The zero-order valence-electron chi connectivity index (χ0n) is 6.26. The predicted molar refractivity (Wildman–Crippen MR) is 35.6 cm³/mol. The molecular weight excluding hydrogens is 114 g/mol. The second kappa shape index (κ2) is 2.27. The Hall–Kier alpha value is -0.0800. The van der Waals surface area contributed by atoms with E-state index in [1.54, 1.807) is 0 Å². The van der Waals surface area contributed by atoms with Gasteiger partial charge in [0, 0.05) is 12.8 Å². The van der Waals surface area contributed by atoms with E-state index in [9.17, 15) is 5.11 Å². The Balaban J connectivity index is 2.35. The minimum Gasteiger partial charge on any atom is -0.328 e. The van der Waals surface area contributed by atoms with E-state index in [1.807, 2.05) is 0 Å². The van der Waals surface area contributed by atoms with Crippen molar-refractivity contribution in [3.8, 4) is 0 Å². The third kappa shape index (κ3) is 1.95. The first-order valence-electron chi connectivity index (χ1n) is 3.58. The molecule has 53 valence electrons. The molecule has 1 heterocycles. The molecule has 0 spiro atoms. The molecule has 0 aromatic heterocycles. The smallest absolute Gasteiger partial charge is 0.104 e. The van der Waals surface area contributed by atoms with E-state index in [0.29, 0.717) is 0 Å². The molecule has 1 saturated heterocycles. The lowest BCUT2D eigenvalue weighted by Gasteiger charge is -2.34. The lowest BCUT2D eigenvalue weighted by Crippen LogP contribution is -2.47. The predicted octanol–water partition coefficient (Wildman–Crippen LogP) is 0.656. The van der Waals surface area contributed by atoms with Crippen LogP contribution in [0.4, 0.5) is 0 Å². The zero-order valence-corrected chi connectivity index (χ0v) is 6.26. The van der Waals surface area contributed by atoms with Gasteiger partial charge in [-0.2, -0.15) is 0 Å². The number of hydrogen-bond acceptors (Lipinski definition) is 0. The van der Waals surface area contributed by atoms with Gasteiger partial charge < -0.3 is 4.48 Å². The van der Waals surface area contributed by atoms with E-state index in [0.717, 1.165) is 30.4 Å². The van der Waals surface area contributed by atoms with Gasteiger partial charge in [0.05, 0.1) is 27.2 Å². The number of rotatable bonds is 0. The summed E-state index contributed by atoms with van der Waals surface area (Å²) in [6, 6.07) is 0. The second-order valence-corrected chi connectivity index (χ2v) is 3.58. The molecule has 0 aromatic rings. The lowest BCUT2D eigenvalue weighted by atomic mass is 10.1. The molecule has 1 fully saturated rings. The van der Waals surface area contributed by atoms with Crippen LogP contribution in [0.1, 0.15) is 12.8 Å². The van der Waals surface area contributed by atoms with Crippen LogP contribution in [0.15, 0.2) is 0 Å². The molecule has 0 N–H and O–H groups in total. The maximum Gasteiger partial charge on any atom is 0.104 e. The molecule has 1 aliphatic heterocycles. The standard InChI is InChI=1S/C7H15NO/c1-8(2)5-3-7(9)4-6-8/h7H,3-6H2,1-2H3/q+1. The molecule has 0 atom stereocenters. The van der Waals surface area contributed by atoms with Gasteiger partial charge in [0.2, 0.25) is 0 Å². The Morgan fingerprint density at radius 3 is 2.00 bits per heavy atom. The first kappa shape index (κ1) is 7.03. The summed E-state index contributed by atoms with van der Waals surface area (Å²) in [5.74, 6) is 0. The van der Waals surface area contributed by atoms with E-state index in [1.165, 1.54) is 0 Å². The molecule has 1 radical (unpaired) electrons. The summed E-state index contributed by atoms with van der Waals surface area (Å²) in [4.78, 5) is 0. The summed E-state index contributed by atoms with van der Waals surface area (Å²) in [5.41, 5.74) is 0. The molecule has 1 aliphatic rings. The number of quaternary nitrogens is 1. The summed E-state index contributed by atoms with van der Waals surface area (Å²) in [6.45, 7) is 2.13. The Bertz CT molecular complexity index is 91.1. The largest absolute Gasteiger partial charge is 0.328 e. The maximum absolute atomic E-state index is 10.8. The third-order valence-electron chi connectivity index (χ3n) is 2.11. The van der Waals surface area contributed by atoms with Gasteiger partial charge in [0.1, 0.15) is 6.10 Å². The molecule has 0 aromatic carbocycles. The summed E-state index contributed by atoms with van der Waals surface area (Å²) < 4.78 is 1.04. The van der Waals surface area contributed by atoms with E-state index in [4.69, 9.17) is 0 Å². The van der Waals surface area contributed by atoms with Crippen LogP contribution in [-0.4, -0.2) is 37.8 Å². The Kier molecular flexibility index (Phi) is 1.78. The summed E-state index contributed by atoms with van der Waals surface area (Å²) >= 11 is 0. The van der Waals surface area contributed by atoms with E-state index in [2.05, 4.69) is 14.1 Å². The molecule has 9 heavy (non-hydrogen) atoms. The fourth-order valence-electron chi connectivity index (χ4n) is 1.24. The summed E-state index contributed by atoms with van der Waals surface area (Å²) in [5, 5.41) is 10.8. The minimum absolute atomic E-state index is 0.267. The average Bonchev–Trinajstić information content (AvgIpc) is 1.78. The van der Waals surface area contributed by atoms with Crippen molar-refractivity contribution in [1.29, 1.82) is 0 Å². The monoisotopic (exact) mass is 129 g/mol. The first-order valence-corrected chi connectivity index (χ1v) is 3.58. The SMILES string of the molecule is C[N+]1(C)CCC([O])CC1. The molecule has 2 nitrogen and oxygen atoms in total. The van der Waals surface area contributed by atoms with Crippen molar-refractivity contribution in [2.75, 3.05) is 27.2 Å². The highest BCUT2D eigenvalue weighted by Gasteiger charge is 2.24. The fourth-order valence-corrected chi connectivity index (χ4v) is 1.24. The minimum atomic E-state index is -0.267. The Labute approximate surface area is 56.7 Å². The summed E-state index contributed by atoms with van der Waals surface area (Å²) in [7, 11) is 4.37. The highest BCUT2D eigenvalue weighted by atomic mass is 16.3. The topological polar surface area (TPSA) is 19.9 Å². The maximum atomic E-state index is 10.8. The molecule has 0 aliphatic carbocycles. The number of nitrogens with zero attached hydrogens (tertiary/aromatic N) is 1. The van der Waals surface area contributed by atoms with Gasteiger partial charge >= 0.3 is 0 Å². The van der Waals surface area contributed by atoms with Crippen LogP contribution in [0.25, 0.3) is 0 Å². The molecule has 2 heteroatoms. The Morgan fingerprint density at radius 1 is 1.22 bits per heavy atom. The summed E-state index contributed by atoms with van der Waals surface area (Å²) in [6.07, 6.45) is 1.47. The van der Waals surface area contributed by atoms with Crippen LogP contribution in [0.2, 0.25) is 0 Å². The van der Waals surface area contributed by atoms with Crippen molar-refractivity contribution in [3.63, 3.8) is 0 Å². The highest BCUT2D eigenvalue weighted by Crippen LogP contribution is 2.13. The van der Waals surface area contributed by atoms with Crippen LogP contribution < -0.4 is 0 Å². The molecule has 1 rings (SSSR count). The second-order valence-electron chi connectivity index (χ2n) is 3.58. The quantitative estimate of drug-likeness (QED) is 0.428. The van der Waals surface area contributed by atoms with Gasteiger partial charge in [-0.3, -0.25) is 0 Å². The van der Waals surface area contributed by atoms with Crippen molar-refractivity contribution >= 4 is 0 Å². The lowest BCUT2D eigenvalue weighted by molar-refractivity contribution is -0.896. The van der Waals surface area contributed by atoms with Gasteiger partial charge in [-0.15, -0.1) is 0 Å². The van der Waals surface area contributed by atoms with Crippen LogP contribution in [0, 0.1) is 0 Å². The normalized spacial score (nSPS) is 28.3. The molecule has 0 amide bonds. The molecular formula is C7H15NO+.